The van der Waals surface area contributed by atoms with Crippen molar-refractivity contribution in [2.24, 2.45) is 0 Å². The minimum Gasteiger partial charge on any atom is -0.334 e. The molecule has 0 saturated heterocycles. The first-order valence-electron chi connectivity index (χ1n) is 10.6. The zero-order valence-electron chi connectivity index (χ0n) is 18.4. The number of aryl methyl sites for hydroxylation is 1. The number of nitrogens with zero attached hydrogens (tertiary/aromatic N) is 3. The van der Waals surface area contributed by atoms with E-state index in [1.165, 1.54) is 17.0 Å². The van der Waals surface area contributed by atoms with Gasteiger partial charge in [-0.25, -0.2) is 9.18 Å². The summed E-state index contributed by atoms with van der Waals surface area (Å²) in [5.41, 5.74) is 4.26. The molecule has 3 aromatic carbocycles. The monoisotopic (exact) mass is 474 g/mol. The number of hydrogen-bond acceptors (Lipinski definition) is 4. The van der Waals surface area contributed by atoms with Crippen LogP contribution >= 0.6 is 11.6 Å². The fraction of sp³-hybridized carbons (Fsp3) is 0.115. The first-order chi connectivity index (χ1) is 16.4. The summed E-state index contributed by atoms with van der Waals surface area (Å²) in [7, 11) is 0. The van der Waals surface area contributed by atoms with Crippen molar-refractivity contribution in [3.8, 4) is 11.4 Å². The van der Waals surface area contributed by atoms with Crippen molar-refractivity contribution in [2.45, 2.75) is 19.9 Å². The molecule has 0 aliphatic carbocycles. The number of benzene rings is 3. The highest BCUT2D eigenvalue weighted by Crippen LogP contribution is 2.39. The molecule has 1 aliphatic rings. The maximum Gasteiger partial charge on any atom is 0.326 e. The van der Waals surface area contributed by atoms with Crippen LogP contribution in [0.25, 0.3) is 17.0 Å². The quantitative estimate of drug-likeness (QED) is 0.364. The van der Waals surface area contributed by atoms with Gasteiger partial charge >= 0.3 is 6.03 Å². The van der Waals surface area contributed by atoms with Crippen LogP contribution in [0, 0.1) is 12.7 Å². The maximum atomic E-state index is 14.1. The van der Waals surface area contributed by atoms with E-state index in [1.54, 1.807) is 43.3 Å². The van der Waals surface area contributed by atoms with Gasteiger partial charge in [0.25, 0.3) is 5.89 Å². The standard InChI is InChI=1S/C26H20ClFN4O2/c1-15-6-8-17(9-7-15)24-30-25(34-31-24)22-16(2)32(21-12-10-19(27)11-13-21)26(33)29-23(22)18-4-3-5-20(28)14-18/h3-14,23H,1-2H3,(H,29,33). The maximum absolute atomic E-state index is 14.1. The predicted octanol–water partition coefficient (Wildman–Crippen LogP) is 6.54. The van der Waals surface area contributed by atoms with Gasteiger partial charge in [-0.3, -0.25) is 4.90 Å². The van der Waals surface area contributed by atoms with Gasteiger partial charge in [-0.05, 0) is 55.8 Å². The van der Waals surface area contributed by atoms with Crippen LogP contribution in [0.4, 0.5) is 14.9 Å². The Hall–Kier alpha value is -3.97. The van der Waals surface area contributed by atoms with Gasteiger partial charge in [0.15, 0.2) is 0 Å². The number of amides is 2. The molecule has 0 saturated carbocycles. The van der Waals surface area contributed by atoms with Crippen LogP contribution < -0.4 is 10.2 Å². The zero-order chi connectivity index (χ0) is 23.8. The van der Waals surface area contributed by atoms with Crippen LogP contribution in [0.1, 0.15) is 30.0 Å². The van der Waals surface area contributed by atoms with Crippen LogP contribution in [0.5, 0.6) is 0 Å². The van der Waals surface area contributed by atoms with Crippen LogP contribution in [0.2, 0.25) is 5.02 Å². The van der Waals surface area contributed by atoms with E-state index < -0.39 is 11.9 Å². The van der Waals surface area contributed by atoms with E-state index in [9.17, 15) is 9.18 Å². The van der Waals surface area contributed by atoms with Crippen LogP contribution in [-0.4, -0.2) is 16.2 Å². The molecule has 5 rings (SSSR count). The topological polar surface area (TPSA) is 71.3 Å². The van der Waals surface area contributed by atoms with Crippen molar-refractivity contribution in [1.82, 2.24) is 15.5 Å². The molecule has 0 fully saturated rings. The Morgan fingerprint density at radius 2 is 1.76 bits per heavy atom. The smallest absolute Gasteiger partial charge is 0.326 e. The Kier molecular flexibility index (Phi) is 5.63. The number of halogens is 2. The normalized spacial score (nSPS) is 16.1. The van der Waals surface area contributed by atoms with Crippen molar-refractivity contribution in [3.63, 3.8) is 0 Å². The highest BCUT2D eigenvalue weighted by Gasteiger charge is 2.36. The molecule has 2 heterocycles. The summed E-state index contributed by atoms with van der Waals surface area (Å²) in [6.45, 7) is 3.80. The van der Waals surface area contributed by atoms with Gasteiger partial charge in [0.2, 0.25) is 5.82 Å². The summed E-state index contributed by atoms with van der Waals surface area (Å²) in [5, 5.41) is 7.67. The average Bonchev–Trinajstić information content (AvgIpc) is 3.30. The minimum atomic E-state index is -0.682. The van der Waals surface area contributed by atoms with E-state index in [-0.39, 0.29) is 11.9 Å². The Balaban J connectivity index is 1.65. The third-order valence-corrected chi connectivity index (χ3v) is 5.97. The number of carbonyl (C=O) groups excluding carboxylic acids is 1. The first kappa shape index (κ1) is 21.9. The van der Waals surface area contributed by atoms with Crippen molar-refractivity contribution in [2.75, 3.05) is 4.90 Å². The third kappa shape index (κ3) is 4.06. The largest absolute Gasteiger partial charge is 0.334 e. The molecule has 1 aromatic heterocycles. The Morgan fingerprint density at radius 3 is 2.47 bits per heavy atom. The van der Waals surface area contributed by atoms with Gasteiger partial charge in [-0.15, -0.1) is 0 Å². The second kappa shape index (κ2) is 8.76. The highest BCUT2D eigenvalue weighted by atomic mass is 35.5. The van der Waals surface area contributed by atoms with Gasteiger partial charge in [0.05, 0.1) is 17.3 Å². The number of allylic oxidation sites excluding steroid dienone is 1. The summed E-state index contributed by atoms with van der Waals surface area (Å²) >= 11 is 6.04. The fourth-order valence-corrected chi connectivity index (χ4v) is 4.14. The summed E-state index contributed by atoms with van der Waals surface area (Å²) < 4.78 is 19.7. The van der Waals surface area contributed by atoms with Crippen LogP contribution in [0.15, 0.2) is 83.0 Å². The summed E-state index contributed by atoms with van der Waals surface area (Å²) in [6, 6.07) is 19.7. The van der Waals surface area contributed by atoms with E-state index in [2.05, 4.69) is 15.5 Å². The summed E-state index contributed by atoms with van der Waals surface area (Å²) in [5.74, 6) is 0.249. The van der Waals surface area contributed by atoms with E-state index in [0.29, 0.717) is 33.4 Å². The second-order valence-corrected chi connectivity index (χ2v) is 8.47. The van der Waals surface area contributed by atoms with Gasteiger partial charge in [0, 0.05) is 16.3 Å². The summed E-state index contributed by atoms with van der Waals surface area (Å²) in [6.07, 6.45) is 0. The highest BCUT2D eigenvalue weighted by molar-refractivity contribution is 6.30. The molecule has 6 nitrogen and oxygen atoms in total. The Morgan fingerprint density at radius 1 is 1.03 bits per heavy atom. The molecule has 4 aromatic rings. The lowest BCUT2D eigenvalue weighted by molar-refractivity contribution is 0.244. The molecule has 0 spiro atoms. The van der Waals surface area contributed by atoms with Gasteiger partial charge < -0.3 is 9.84 Å². The van der Waals surface area contributed by atoms with Crippen LogP contribution in [0.3, 0.4) is 0 Å². The van der Waals surface area contributed by atoms with Gasteiger partial charge in [-0.1, -0.05) is 58.7 Å². The minimum absolute atomic E-state index is 0.237. The zero-order valence-corrected chi connectivity index (χ0v) is 19.2. The van der Waals surface area contributed by atoms with Crippen molar-refractivity contribution < 1.29 is 13.7 Å². The Labute approximate surface area is 200 Å². The lowest BCUT2D eigenvalue weighted by Gasteiger charge is -2.35. The van der Waals surface area contributed by atoms with Gasteiger partial charge in [-0.2, -0.15) is 4.98 Å². The molecule has 0 bridgehead atoms. The van der Waals surface area contributed by atoms with Crippen molar-refractivity contribution >= 4 is 28.9 Å². The molecular weight excluding hydrogens is 455 g/mol. The molecule has 2 amide bonds. The fourth-order valence-electron chi connectivity index (χ4n) is 4.01. The SMILES string of the molecule is CC1=C(c2nc(-c3ccc(C)cc3)no2)C(c2cccc(F)c2)NC(=O)N1c1ccc(Cl)cc1. The molecular formula is C26H20ClFN4O2. The first-order valence-corrected chi connectivity index (χ1v) is 11.0. The van der Waals surface area contributed by atoms with E-state index >= 15 is 0 Å². The second-order valence-electron chi connectivity index (χ2n) is 8.04. The third-order valence-electron chi connectivity index (χ3n) is 5.72. The molecule has 0 radical (unpaired) electrons. The number of urea groups is 1. The van der Waals surface area contributed by atoms with Crippen LogP contribution in [-0.2, 0) is 0 Å². The predicted molar refractivity (Wildman–Crippen MR) is 129 cm³/mol. The van der Waals surface area contributed by atoms with Gasteiger partial charge in [0.1, 0.15) is 5.82 Å². The van der Waals surface area contributed by atoms with E-state index in [1.807, 2.05) is 31.2 Å². The van der Waals surface area contributed by atoms with E-state index in [4.69, 9.17) is 16.1 Å². The number of carbonyl (C=O) groups is 1. The van der Waals surface area contributed by atoms with Crippen molar-refractivity contribution in [3.05, 3.63) is 106 Å². The molecule has 1 unspecified atom stereocenters. The number of aromatic nitrogens is 2. The molecule has 1 atom stereocenters. The number of anilines is 1. The number of hydrogen-bond donors (Lipinski definition) is 1. The molecule has 170 valence electrons. The summed E-state index contributed by atoms with van der Waals surface area (Å²) in [4.78, 5) is 19.3. The molecule has 1 aliphatic heterocycles. The lowest BCUT2D eigenvalue weighted by atomic mass is 9.94. The van der Waals surface area contributed by atoms with Crippen molar-refractivity contribution in [1.29, 1.82) is 0 Å². The molecule has 34 heavy (non-hydrogen) atoms. The molecule has 1 N–H and O–H groups in total. The average molecular weight is 475 g/mol. The van der Waals surface area contributed by atoms with E-state index in [0.717, 1.165) is 11.1 Å². The lowest BCUT2D eigenvalue weighted by Crippen LogP contribution is -2.46. The Bertz CT molecular complexity index is 1400. The molecule has 8 heteroatoms. The number of nitrogens with one attached hydrogen (secondary N) is 1. The number of rotatable bonds is 4.